The minimum atomic E-state index is -0.183. The number of rotatable bonds is 3. The maximum absolute atomic E-state index is 12.6. The van der Waals surface area contributed by atoms with E-state index in [1.165, 1.54) is 0 Å². The van der Waals surface area contributed by atoms with E-state index in [9.17, 15) is 9.59 Å². The van der Waals surface area contributed by atoms with Crippen LogP contribution in [0.4, 0.5) is 5.82 Å². The average molecular weight is 345 g/mol. The molecule has 0 saturated carbocycles. The standard InChI is InChI=1S/C18H27N5O2/c1-12(2)17-19-13(3)9-15(20-17)22-5-7-23(8-6-22)18(25)14-10-16(24)21(4)11-14/h9,12,14H,5-8,10-11H2,1-4H3/t14-/m1/s1. The number of hydrogen-bond acceptors (Lipinski definition) is 5. The molecule has 1 aromatic heterocycles. The van der Waals surface area contributed by atoms with Gasteiger partial charge in [-0.1, -0.05) is 13.8 Å². The molecule has 3 heterocycles. The largest absolute Gasteiger partial charge is 0.353 e. The van der Waals surface area contributed by atoms with Gasteiger partial charge in [0.05, 0.1) is 5.92 Å². The van der Waals surface area contributed by atoms with Gasteiger partial charge in [0.25, 0.3) is 0 Å². The third kappa shape index (κ3) is 3.75. The molecule has 0 aliphatic carbocycles. The van der Waals surface area contributed by atoms with Crippen LogP contribution in [-0.4, -0.2) is 71.4 Å². The zero-order valence-corrected chi connectivity index (χ0v) is 15.5. The first-order chi connectivity index (χ1) is 11.8. The molecule has 3 rings (SSSR count). The second-order valence-corrected chi connectivity index (χ2v) is 7.37. The van der Waals surface area contributed by atoms with Crippen molar-refractivity contribution in [1.82, 2.24) is 19.8 Å². The molecule has 0 unspecified atom stereocenters. The number of anilines is 1. The summed E-state index contributed by atoms with van der Waals surface area (Å²) in [5, 5.41) is 0. The Kier molecular flexibility index (Phi) is 4.92. The molecule has 2 aliphatic heterocycles. The van der Waals surface area contributed by atoms with Gasteiger partial charge >= 0.3 is 0 Å². The summed E-state index contributed by atoms with van der Waals surface area (Å²) in [5.41, 5.74) is 0.972. The highest BCUT2D eigenvalue weighted by Crippen LogP contribution is 2.22. The Morgan fingerprint density at radius 1 is 1.20 bits per heavy atom. The van der Waals surface area contributed by atoms with Gasteiger partial charge in [0.2, 0.25) is 11.8 Å². The predicted molar refractivity (Wildman–Crippen MR) is 95.4 cm³/mol. The predicted octanol–water partition coefficient (Wildman–Crippen LogP) is 1.04. The third-order valence-corrected chi connectivity index (χ3v) is 4.98. The minimum absolute atomic E-state index is 0.0645. The fraction of sp³-hybridized carbons (Fsp3) is 0.667. The molecule has 0 aromatic carbocycles. The van der Waals surface area contributed by atoms with Crippen LogP contribution in [0.5, 0.6) is 0 Å². The third-order valence-electron chi connectivity index (χ3n) is 4.98. The molecule has 7 heteroatoms. The van der Waals surface area contributed by atoms with Crippen molar-refractivity contribution < 1.29 is 9.59 Å². The number of carbonyl (C=O) groups is 2. The van der Waals surface area contributed by atoms with Crippen LogP contribution >= 0.6 is 0 Å². The van der Waals surface area contributed by atoms with E-state index in [0.29, 0.717) is 32.0 Å². The number of nitrogens with zero attached hydrogens (tertiary/aromatic N) is 5. The number of hydrogen-bond donors (Lipinski definition) is 0. The van der Waals surface area contributed by atoms with E-state index in [2.05, 4.69) is 28.7 Å². The summed E-state index contributed by atoms with van der Waals surface area (Å²) in [5.74, 6) is 2.09. The molecule has 7 nitrogen and oxygen atoms in total. The number of likely N-dealkylation sites (tertiary alicyclic amines) is 1. The van der Waals surface area contributed by atoms with Gasteiger partial charge in [-0.25, -0.2) is 9.97 Å². The maximum Gasteiger partial charge on any atom is 0.228 e. The molecule has 0 radical (unpaired) electrons. The molecule has 0 bridgehead atoms. The summed E-state index contributed by atoms with van der Waals surface area (Å²) in [6.45, 7) is 9.59. The monoisotopic (exact) mass is 345 g/mol. The summed E-state index contributed by atoms with van der Waals surface area (Å²) in [7, 11) is 1.76. The molecule has 2 amide bonds. The maximum atomic E-state index is 12.6. The van der Waals surface area contributed by atoms with E-state index in [-0.39, 0.29) is 17.7 Å². The van der Waals surface area contributed by atoms with E-state index in [1.54, 1.807) is 11.9 Å². The SMILES string of the molecule is Cc1cc(N2CCN(C(=O)[C@@H]3CC(=O)N(C)C3)CC2)nc(C(C)C)n1. The van der Waals surface area contributed by atoms with Crippen LogP contribution in [0.1, 0.15) is 37.7 Å². The van der Waals surface area contributed by atoms with Crippen LogP contribution in [0.3, 0.4) is 0 Å². The van der Waals surface area contributed by atoms with Gasteiger partial charge in [-0.2, -0.15) is 0 Å². The first kappa shape index (κ1) is 17.6. The van der Waals surface area contributed by atoms with Crippen LogP contribution in [-0.2, 0) is 9.59 Å². The zero-order valence-electron chi connectivity index (χ0n) is 15.5. The Labute approximate surface area is 149 Å². The average Bonchev–Trinajstić information content (AvgIpc) is 2.93. The molecular weight excluding hydrogens is 318 g/mol. The Hall–Kier alpha value is -2.18. The number of piperazine rings is 1. The molecule has 25 heavy (non-hydrogen) atoms. The topological polar surface area (TPSA) is 69.6 Å². The summed E-state index contributed by atoms with van der Waals surface area (Å²) in [6, 6.07) is 2.01. The van der Waals surface area contributed by atoms with Crippen molar-refractivity contribution >= 4 is 17.6 Å². The lowest BCUT2D eigenvalue weighted by Gasteiger charge is -2.36. The van der Waals surface area contributed by atoms with E-state index < -0.39 is 0 Å². The number of aryl methyl sites for hydroxylation is 1. The quantitative estimate of drug-likeness (QED) is 0.818. The van der Waals surface area contributed by atoms with E-state index in [1.807, 2.05) is 17.9 Å². The highest BCUT2D eigenvalue weighted by atomic mass is 16.2. The highest BCUT2D eigenvalue weighted by molar-refractivity contribution is 5.89. The molecule has 1 aromatic rings. The van der Waals surface area contributed by atoms with Gasteiger partial charge in [-0.3, -0.25) is 9.59 Å². The van der Waals surface area contributed by atoms with Crippen molar-refractivity contribution in [2.75, 3.05) is 44.7 Å². The molecule has 0 N–H and O–H groups in total. The molecule has 0 spiro atoms. The lowest BCUT2D eigenvalue weighted by atomic mass is 10.1. The lowest BCUT2D eigenvalue weighted by molar-refractivity contribution is -0.136. The fourth-order valence-electron chi connectivity index (χ4n) is 3.44. The van der Waals surface area contributed by atoms with Crippen LogP contribution in [0, 0.1) is 12.8 Å². The van der Waals surface area contributed by atoms with Crippen molar-refractivity contribution in [3.8, 4) is 0 Å². The van der Waals surface area contributed by atoms with Crippen LogP contribution in [0.25, 0.3) is 0 Å². The van der Waals surface area contributed by atoms with Crippen molar-refractivity contribution in [3.05, 3.63) is 17.6 Å². The van der Waals surface area contributed by atoms with E-state index in [0.717, 1.165) is 30.4 Å². The smallest absolute Gasteiger partial charge is 0.228 e. The van der Waals surface area contributed by atoms with Crippen LogP contribution < -0.4 is 4.90 Å². The van der Waals surface area contributed by atoms with Crippen LogP contribution in [0.2, 0.25) is 0 Å². The highest BCUT2D eigenvalue weighted by Gasteiger charge is 2.35. The van der Waals surface area contributed by atoms with Gasteiger partial charge in [0.15, 0.2) is 0 Å². The van der Waals surface area contributed by atoms with Crippen molar-refractivity contribution in [2.45, 2.75) is 33.1 Å². The molecule has 2 fully saturated rings. The first-order valence-electron chi connectivity index (χ1n) is 8.98. The van der Waals surface area contributed by atoms with Gasteiger partial charge in [0, 0.05) is 63.9 Å². The molecule has 1 atom stereocenters. The summed E-state index contributed by atoms with van der Waals surface area (Å²) in [4.78, 5) is 39.2. The zero-order chi connectivity index (χ0) is 18.1. The Balaban J connectivity index is 1.62. The Bertz CT molecular complexity index is 667. The molecule has 2 aliphatic rings. The van der Waals surface area contributed by atoms with E-state index in [4.69, 9.17) is 0 Å². The van der Waals surface area contributed by atoms with Gasteiger partial charge < -0.3 is 14.7 Å². The molecular formula is C18H27N5O2. The van der Waals surface area contributed by atoms with Crippen molar-refractivity contribution in [1.29, 1.82) is 0 Å². The summed E-state index contributed by atoms with van der Waals surface area (Å²) in [6.07, 6.45) is 0.346. The van der Waals surface area contributed by atoms with Gasteiger partial charge in [-0.05, 0) is 6.92 Å². The Morgan fingerprint density at radius 3 is 2.44 bits per heavy atom. The first-order valence-corrected chi connectivity index (χ1v) is 8.98. The molecule has 2 saturated heterocycles. The summed E-state index contributed by atoms with van der Waals surface area (Å²) >= 11 is 0. The fourth-order valence-corrected chi connectivity index (χ4v) is 3.44. The minimum Gasteiger partial charge on any atom is -0.353 e. The molecule has 136 valence electrons. The number of aromatic nitrogens is 2. The van der Waals surface area contributed by atoms with Crippen molar-refractivity contribution in [2.24, 2.45) is 5.92 Å². The van der Waals surface area contributed by atoms with E-state index >= 15 is 0 Å². The van der Waals surface area contributed by atoms with Gasteiger partial charge in [0.1, 0.15) is 11.6 Å². The summed E-state index contributed by atoms with van der Waals surface area (Å²) < 4.78 is 0. The number of carbonyl (C=O) groups excluding carboxylic acids is 2. The van der Waals surface area contributed by atoms with Crippen LogP contribution in [0.15, 0.2) is 6.07 Å². The number of amides is 2. The second kappa shape index (κ2) is 6.98. The second-order valence-electron chi connectivity index (χ2n) is 7.37. The van der Waals surface area contributed by atoms with Crippen molar-refractivity contribution in [3.63, 3.8) is 0 Å². The van der Waals surface area contributed by atoms with Gasteiger partial charge in [-0.15, -0.1) is 0 Å². The normalized spacial score (nSPS) is 21.4. The Morgan fingerprint density at radius 2 is 1.88 bits per heavy atom. The lowest BCUT2D eigenvalue weighted by Crippen LogP contribution is -2.51.